The predicted molar refractivity (Wildman–Crippen MR) is 85.2 cm³/mol. The number of aromatic nitrogens is 2. The molecule has 8 heteroatoms. The van der Waals surface area contributed by atoms with Crippen LogP contribution in [0.4, 0.5) is 5.69 Å². The molecule has 0 unspecified atom stereocenters. The molecule has 0 bridgehead atoms. The van der Waals surface area contributed by atoms with E-state index in [0.717, 1.165) is 4.47 Å². The zero-order chi connectivity index (χ0) is 15.0. The fourth-order valence-electron chi connectivity index (χ4n) is 1.84. The Bertz CT molecular complexity index is 957. The van der Waals surface area contributed by atoms with Crippen LogP contribution in [0.5, 0.6) is 0 Å². The van der Waals surface area contributed by atoms with E-state index in [-0.39, 0.29) is 5.91 Å². The van der Waals surface area contributed by atoms with E-state index in [2.05, 4.69) is 31.2 Å². The van der Waals surface area contributed by atoms with E-state index in [4.69, 9.17) is 0 Å². The average molecular weight is 366 g/mol. The molecule has 2 aromatic heterocycles. The molecular formula is C13H8BrN3O3S. The van der Waals surface area contributed by atoms with Crippen molar-refractivity contribution in [1.82, 2.24) is 9.97 Å². The van der Waals surface area contributed by atoms with Gasteiger partial charge in [-0.15, -0.1) is 11.3 Å². The number of carbonyl (C=O) groups is 1. The minimum Gasteiger partial charge on any atom is -0.321 e. The van der Waals surface area contributed by atoms with Gasteiger partial charge in [0.1, 0.15) is 4.88 Å². The maximum absolute atomic E-state index is 12.1. The van der Waals surface area contributed by atoms with Crippen LogP contribution in [0.25, 0.3) is 11.0 Å². The van der Waals surface area contributed by atoms with Crippen molar-refractivity contribution in [3.8, 4) is 0 Å². The number of amides is 1. The van der Waals surface area contributed by atoms with Crippen LogP contribution in [-0.2, 0) is 0 Å². The first kappa shape index (κ1) is 13.8. The standard InChI is InChI=1S/C13H8BrN3O3S/c14-7-3-4-21-10(7)11(18)15-6-1-2-8-9(5-6)17-13(20)12(19)16-8/h1-5H,(H,15,18)(H,16,19)(H,17,20). The molecule has 0 saturated heterocycles. The number of hydrogen-bond acceptors (Lipinski definition) is 4. The number of rotatable bonds is 2. The number of carbonyl (C=O) groups excluding carboxylic acids is 1. The van der Waals surface area contributed by atoms with E-state index < -0.39 is 11.1 Å². The summed E-state index contributed by atoms with van der Waals surface area (Å²) in [4.78, 5) is 40.1. The van der Waals surface area contributed by atoms with Crippen molar-refractivity contribution in [2.24, 2.45) is 0 Å². The zero-order valence-corrected chi connectivity index (χ0v) is 12.8. The molecule has 6 nitrogen and oxygen atoms in total. The van der Waals surface area contributed by atoms with Gasteiger partial charge < -0.3 is 15.3 Å². The minimum atomic E-state index is -0.730. The van der Waals surface area contributed by atoms with E-state index >= 15 is 0 Å². The first-order valence-corrected chi connectivity index (χ1v) is 7.52. The predicted octanol–water partition coefficient (Wildman–Crippen LogP) is 2.29. The second-order valence-corrected chi connectivity index (χ2v) is 5.99. The Morgan fingerprint density at radius 3 is 2.48 bits per heavy atom. The molecule has 0 aliphatic heterocycles. The van der Waals surface area contributed by atoms with Crippen molar-refractivity contribution in [2.45, 2.75) is 0 Å². The number of H-pyrrole nitrogens is 2. The second-order valence-electron chi connectivity index (χ2n) is 4.22. The van der Waals surface area contributed by atoms with E-state index in [1.54, 1.807) is 24.3 Å². The van der Waals surface area contributed by atoms with Gasteiger partial charge in [0, 0.05) is 10.2 Å². The van der Waals surface area contributed by atoms with Crippen LogP contribution in [0.15, 0.2) is 43.7 Å². The Labute approximate surface area is 130 Å². The van der Waals surface area contributed by atoms with Crippen molar-refractivity contribution in [3.05, 3.63) is 59.7 Å². The maximum atomic E-state index is 12.1. The molecule has 1 amide bonds. The number of hydrogen-bond donors (Lipinski definition) is 3. The Kier molecular flexibility index (Phi) is 3.48. The molecular weight excluding hydrogens is 358 g/mol. The SMILES string of the molecule is O=C(Nc1ccc2[nH]c(=O)c(=O)[nH]c2c1)c1sccc1Br. The normalized spacial score (nSPS) is 10.7. The van der Waals surface area contributed by atoms with Crippen LogP contribution in [0.2, 0.25) is 0 Å². The topological polar surface area (TPSA) is 94.8 Å². The number of nitrogens with one attached hydrogen (secondary N) is 3. The summed E-state index contributed by atoms with van der Waals surface area (Å²) in [6.07, 6.45) is 0. The highest BCUT2D eigenvalue weighted by molar-refractivity contribution is 9.10. The number of benzene rings is 1. The number of halogens is 1. The number of anilines is 1. The molecule has 106 valence electrons. The smallest absolute Gasteiger partial charge is 0.314 e. The second kappa shape index (κ2) is 5.30. The van der Waals surface area contributed by atoms with Crippen molar-refractivity contribution in [1.29, 1.82) is 0 Å². The lowest BCUT2D eigenvalue weighted by molar-refractivity contribution is 0.103. The van der Waals surface area contributed by atoms with Gasteiger partial charge in [0.2, 0.25) is 0 Å². The third kappa shape index (κ3) is 2.67. The maximum Gasteiger partial charge on any atom is 0.314 e. The molecule has 0 saturated carbocycles. The third-order valence-corrected chi connectivity index (χ3v) is 4.64. The van der Waals surface area contributed by atoms with E-state index in [0.29, 0.717) is 21.6 Å². The summed E-state index contributed by atoms with van der Waals surface area (Å²) in [6.45, 7) is 0. The van der Waals surface area contributed by atoms with Gasteiger partial charge in [-0.05, 0) is 45.6 Å². The summed E-state index contributed by atoms with van der Waals surface area (Å²) in [7, 11) is 0. The zero-order valence-electron chi connectivity index (χ0n) is 10.4. The van der Waals surface area contributed by atoms with Crippen LogP contribution < -0.4 is 16.4 Å². The Balaban J connectivity index is 1.97. The van der Waals surface area contributed by atoms with Crippen LogP contribution in [0.3, 0.4) is 0 Å². The Hall–Kier alpha value is -2.19. The molecule has 0 aliphatic rings. The van der Waals surface area contributed by atoms with Gasteiger partial charge in [-0.3, -0.25) is 14.4 Å². The molecule has 2 heterocycles. The highest BCUT2D eigenvalue weighted by Crippen LogP contribution is 2.24. The minimum absolute atomic E-state index is 0.247. The molecule has 3 rings (SSSR count). The lowest BCUT2D eigenvalue weighted by Gasteiger charge is -2.05. The van der Waals surface area contributed by atoms with E-state index in [1.807, 2.05) is 5.38 Å². The van der Waals surface area contributed by atoms with Gasteiger partial charge in [0.25, 0.3) is 5.91 Å². The molecule has 3 N–H and O–H groups in total. The Morgan fingerprint density at radius 1 is 1.10 bits per heavy atom. The van der Waals surface area contributed by atoms with Crippen molar-refractivity contribution in [3.63, 3.8) is 0 Å². The monoisotopic (exact) mass is 365 g/mol. The van der Waals surface area contributed by atoms with Crippen LogP contribution >= 0.6 is 27.3 Å². The van der Waals surface area contributed by atoms with Gasteiger partial charge in [-0.25, -0.2) is 0 Å². The lowest BCUT2D eigenvalue weighted by atomic mass is 10.2. The van der Waals surface area contributed by atoms with Gasteiger partial charge >= 0.3 is 11.1 Å². The third-order valence-electron chi connectivity index (χ3n) is 2.80. The highest BCUT2D eigenvalue weighted by atomic mass is 79.9. The summed E-state index contributed by atoms with van der Waals surface area (Å²) in [5, 5.41) is 4.55. The highest BCUT2D eigenvalue weighted by Gasteiger charge is 2.12. The largest absolute Gasteiger partial charge is 0.321 e. The average Bonchev–Trinajstić information content (AvgIpc) is 2.87. The van der Waals surface area contributed by atoms with Crippen molar-refractivity contribution >= 4 is 49.9 Å². The number of thiophene rings is 1. The quantitative estimate of drug-likeness (QED) is 0.608. The van der Waals surface area contributed by atoms with Gasteiger partial charge in [0.05, 0.1) is 11.0 Å². The lowest BCUT2D eigenvalue weighted by Crippen LogP contribution is -2.28. The van der Waals surface area contributed by atoms with Crippen LogP contribution in [0, 0.1) is 0 Å². The van der Waals surface area contributed by atoms with Gasteiger partial charge in [-0.1, -0.05) is 0 Å². The summed E-state index contributed by atoms with van der Waals surface area (Å²) < 4.78 is 0.725. The summed E-state index contributed by atoms with van der Waals surface area (Å²) >= 11 is 4.62. The van der Waals surface area contributed by atoms with Crippen molar-refractivity contribution < 1.29 is 4.79 Å². The fourth-order valence-corrected chi connectivity index (χ4v) is 3.28. The molecule has 3 aromatic rings. The molecule has 21 heavy (non-hydrogen) atoms. The van der Waals surface area contributed by atoms with Crippen molar-refractivity contribution in [2.75, 3.05) is 5.32 Å². The van der Waals surface area contributed by atoms with Crippen LogP contribution in [-0.4, -0.2) is 15.9 Å². The number of aromatic amines is 2. The fraction of sp³-hybridized carbons (Fsp3) is 0. The summed E-state index contributed by atoms with van der Waals surface area (Å²) in [5.41, 5.74) is 0.0295. The molecule has 0 spiro atoms. The summed E-state index contributed by atoms with van der Waals surface area (Å²) in [5.74, 6) is -0.247. The first-order valence-electron chi connectivity index (χ1n) is 5.85. The van der Waals surface area contributed by atoms with Gasteiger partial charge in [0.15, 0.2) is 0 Å². The number of fused-ring (bicyclic) bond motifs is 1. The molecule has 1 aromatic carbocycles. The van der Waals surface area contributed by atoms with Crippen LogP contribution in [0.1, 0.15) is 9.67 Å². The first-order chi connectivity index (χ1) is 10.0. The Morgan fingerprint density at radius 2 is 1.81 bits per heavy atom. The summed E-state index contributed by atoms with van der Waals surface area (Å²) in [6, 6.07) is 6.65. The van der Waals surface area contributed by atoms with E-state index in [1.165, 1.54) is 11.3 Å². The molecule has 0 fully saturated rings. The molecule has 0 radical (unpaired) electrons. The molecule has 0 atom stereocenters. The molecule has 0 aliphatic carbocycles. The van der Waals surface area contributed by atoms with Gasteiger partial charge in [-0.2, -0.15) is 0 Å². The van der Waals surface area contributed by atoms with E-state index in [9.17, 15) is 14.4 Å².